The van der Waals surface area contributed by atoms with Crippen LogP contribution in [0, 0.1) is 6.92 Å². The van der Waals surface area contributed by atoms with E-state index in [0.29, 0.717) is 12.2 Å². The van der Waals surface area contributed by atoms with Gasteiger partial charge in [-0.25, -0.2) is 14.3 Å². The number of carbonyl (C=O) groups is 2. The number of hydrogen-bond donors (Lipinski definition) is 2. The minimum absolute atomic E-state index is 0.361. The minimum atomic E-state index is -1.36. The van der Waals surface area contributed by atoms with Gasteiger partial charge in [0.15, 0.2) is 5.57 Å². The molecule has 2 rings (SSSR count). The van der Waals surface area contributed by atoms with Gasteiger partial charge in [-0.15, -0.1) is 0 Å². The molecule has 0 saturated carbocycles. The number of carboxylic acid groups (broad SMARTS) is 1. The SMILES string of the molecule is CCC(C)OC(=O)C(=CNc1cc(-c2ccc(C)cc2)nn1C(C)(C)C)C(=O)O. The molecule has 0 saturated heterocycles. The highest BCUT2D eigenvalue weighted by Crippen LogP contribution is 2.27. The smallest absolute Gasteiger partial charge is 0.347 e. The van der Waals surface area contributed by atoms with E-state index in [1.54, 1.807) is 11.6 Å². The van der Waals surface area contributed by atoms with Gasteiger partial charge in [-0.2, -0.15) is 5.10 Å². The van der Waals surface area contributed by atoms with Crippen molar-refractivity contribution in [3.63, 3.8) is 0 Å². The van der Waals surface area contributed by atoms with Crippen LogP contribution in [0.2, 0.25) is 0 Å². The number of carbonyl (C=O) groups excluding carboxylic acids is 1. The summed E-state index contributed by atoms with van der Waals surface area (Å²) in [5.41, 5.74) is 2.01. The van der Waals surface area contributed by atoms with Gasteiger partial charge in [0.1, 0.15) is 5.82 Å². The monoisotopic (exact) mass is 399 g/mol. The average molecular weight is 399 g/mol. The molecule has 0 radical (unpaired) electrons. The highest BCUT2D eigenvalue weighted by atomic mass is 16.5. The number of benzene rings is 1. The van der Waals surface area contributed by atoms with E-state index < -0.39 is 17.5 Å². The van der Waals surface area contributed by atoms with Crippen LogP contribution >= 0.6 is 0 Å². The quantitative estimate of drug-likeness (QED) is 0.311. The van der Waals surface area contributed by atoms with E-state index in [-0.39, 0.29) is 11.6 Å². The highest BCUT2D eigenvalue weighted by Gasteiger charge is 2.23. The second-order valence-electron chi connectivity index (χ2n) is 8.00. The fourth-order valence-electron chi connectivity index (χ4n) is 2.54. The summed E-state index contributed by atoms with van der Waals surface area (Å²) in [5.74, 6) is -1.66. The molecule has 0 aliphatic carbocycles. The molecule has 0 fully saturated rings. The number of nitrogens with one attached hydrogen (secondary N) is 1. The van der Waals surface area contributed by atoms with Crippen LogP contribution in [0.1, 0.15) is 46.6 Å². The first kappa shape index (κ1) is 22.2. The van der Waals surface area contributed by atoms with Crippen molar-refractivity contribution in [2.75, 3.05) is 5.32 Å². The second kappa shape index (κ2) is 8.94. The first-order valence-electron chi connectivity index (χ1n) is 9.61. The summed E-state index contributed by atoms with van der Waals surface area (Å²) in [5, 5.41) is 17.0. The van der Waals surface area contributed by atoms with E-state index in [1.807, 2.05) is 65.0 Å². The van der Waals surface area contributed by atoms with E-state index >= 15 is 0 Å². The zero-order valence-electron chi connectivity index (χ0n) is 17.8. The number of esters is 1. The van der Waals surface area contributed by atoms with Gasteiger partial charge < -0.3 is 15.2 Å². The van der Waals surface area contributed by atoms with Crippen molar-refractivity contribution in [3.8, 4) is 11.3 Å². The van der Waals surface area contributed by atoms with Crippen molar-refractivity contribution in [3.05, 3.63) is 47.7 Å². The second-order valence-corrected chi connectivity index (χ2v) is 8.00. The van der Waals surface area contributed by atoms with Crippen LogP contribution in [-0.2, 0) is 19.9 Å². The number of anilines is 1. The lowest BCUT2D eigenvalue weighted by atomic mass is 10.1. The molecule has 156 valence electrons. The molecule has 2 N–H and O–H groups in total. The number of carboxylic acids is 1. The summed E-state index contributed by atoms with van der Waals surface area (Å²) in [6.07, 6.45) is 1.40. The number of nitrogens with zero attached hydrogens (tertiary/aromatic N) is 2. The molecular weight excluding hydrogens is 370 g/mol. The maximum atomic E-state index is 12.2. The van der Waals surface area contributed by atoms with Crippen LogP contribution < -0.4 is 5.32 Å². The van der Waals surface area contributed by atoms with Crippen LogP contribution in [0.15, 0.2) is 42.1 Å². The van der Waals surface area contributed by atoms with Crippen molar-refractivity contribution < 1.29 is 19.4 Å². The Morgan fingerprint density at radius 3 is 2.41 bits per heavy atom. The zero-order chi connectivity index (χ0) is 21.8. The molecule has 1 unspecified atom stereocenters. The molecule has 2 aromatic rings. The fraction of sp³-hybridized carbons (Fsp3) is 0.409. The molecule has 0 amide bonds. The Hall–Kier alpha value is -3.09. The van der Waals surface area contributed by atoms with Gasteiger partial charge in [0.25, 0.3) is 0 Å². The molecule has 0 bridgehead atoms. The molecule has 1 aromatic heterocycles. The third-order valence-corrected chi connectivity index (χ3v) is 4.39. The number of aromatic nitrogens is 2. The molecular formula is C22H29N3O4. The number of hydrogen-bond acceptors (Lipinski definition) is 5. The summed E-state index contributed by atoms with van der Waals surface area (Å²) in [6.45, 7) is 11.6. The molecule has 7 heteroatoms. The predicted molar refractivity (Wildman–Crippen MR) is 113 cm³/mol. The molecule has 29 heavy (non-hydrogen) atoms. The largest absolute Gasteiger partial charge is 0.477 e. The summed E-state index contributed by atoms with van der Waals surface area (Å²) < 4.78 is 6.91. The van der Waals surface area contributed by atoms with Crippen molar-refractivity contribution in [1.82, 2.24) is 9.78 Å². The van der Waals surface area contributed by atoms with E-state index in [1.165, 1.54) is 0 Å². The Labute approximate surface area is 171 Å². The molecule has 0 aliphatic rings. The van der Waals surface area contributed by atoms with Gasteiger partial charge in [-0.1, -0.05) is 36.8 Å². The lowest BCUT2D eigenvalue weighted by Gasteiger charge is -2.22. The van der Waals surface area contributed by atoms with Crippen molar-refractivity contribution >= 4 is 17.8 Å². The normalized spacial score (nSPS) is 13.1. The number of ether oxygens (including phenoxy) is 1. The third-order valence-electron chi connectivity index (χ3n) is 4.39. The average Bonchev–Trinajstić information content (AvgIpc) is 3.06. The molecule has 7 nitrogen and oxygen atoms in total. The molecule has 0 spiro atoms. The number of aryl methyl sites for hydroxylation is 1. The standard InChI is InChI=1S/C22H29N3O4/c1-7-15(3)29-21(28)17(20(26)27)13-23-19-12-18(24-25(19)22(4,5)6)16-10-8-14(2)9-11-16/h8-13,15,23H,7H2,1-6H3,(H,26,27). The Morgan fingerprint density at radius 1 is 1.28 bits per heavy atom. The first-order chi connectivity index (χ1) is 13.5. The van der Waals surface area contributed by atoms with E-state index in [4.69, 9.17) is 4.74 Å². The summed E-state index contributed by atoms with van der Waals surface area (Å²) in [6, 6.07) is 9.80. The summed E-state index contributed by atoms with van der Waals surface area (Å²) >= 11 is 0. The number of aliphatic carboxylic acids is 1. The first-order valence-corrected chi connectivity index (χ1v) is 9.61. The molecule has 1 atom stereocenters. The van der Waals surface area contributed by atoms with Crippen LogP contribution in [0.4, 0.5) is 5.82 Å². The third kappa shape index (κ3) is 5.70. The Balaban J connectivity index is 2.39. The van der Waals surface area contributed by atoms with Gasteiger partial charge in [0.05, 0.1) is 17.3 Å². The fourth-order valence-corrected chi connectivity index (χ4v) is 2.54. The van der Waals surface area contributed by atoms with Crippen LogP contribution in [0.25, 0.3) is 11.3 Å². The lowest BCUT2D eigenvalue weighted by molar-refractivity contribution is -0.147. The van der Waals surface area contributed by atoms with Gasteiger partial charge in [-0.05, 0) is 41.0 Å². The Kier molecular flexibility index (Phi) is 6.84. The summed E-state index contributed by atoms with van der Waals surface area (Å²) in [7, 11) is 0. The van der Waals surface area contributed by atoms with Crippen LogP contribution in [-0.4, -0.2) is 32.9 Å². The number of rotatable bonds is 7. The summed E-state index contributed by atoms with van der Waals surface area (Å²) in [4.78, 5) is 23.7. The highest BCUT2D eigenvalue weighted by molar-refractivity contribution is 6.13. The van der Waals surface area contributed by atoms with Crippen LogP contribution in [0.5, 0.6) is 0 Å². The molecule has 0 aliphatic heterocycles. The molecule has 1 aromatic carbocycles. The maximum Gasteiger partial charge on any atom is 0.347 e. The predicted octanol–water partition coefficient (Wildman–Crippen LogP) is 4.34. The van der Waals surface area contributed by atoms with E-state index in [9.17, 15) is 14.7 Å². The van der Waals surface area contributed by atoms with Crippen molar-refractivity contribution in [1.29, 1.82) is 0 Å². The van der Waals surface area contributed by atoms with E-state index in [2.05, 4.69) is 10.4 Å². The van der Waals surface area contributed by atoms with E-state index in [0.717, 1.165) is 23.0 Å². The van der Waals surface area contributed by atoms with Crippen molar-refractivity contribution in [2.24, 2.45) is 0 Å². The van der Waals surface area contributed by atoms with Gasteiger partial charge in [0.2, 0.25) is 0 Å². The minimum Gasteiger partial charge on any atom is -0.477 e. The Bertz CT molecular complexity index is 905. The topological polar surface area (TPSA) is 93.5 Å². The zero-order valence-corrected chi connectivity index (χ0v) is 17.8. The maximum absolute atomic E-state index is 12.2. The van der Waals surface area contributed by atoms with Gasteiger partial charge >= 0.3 is 11.9 Å². The van der Waals surface area contributed by atoms with Gasteiger partial charge in [0, 0.05) is 17.8 Å². The van der Waals surface area contributed by atoms with Crippen LogP contribution in [0.3, 0.4) is 0 Å². The Morgan fingerprint density at radius 2 is 1.90 bits per heavy atom. The van der Waals surface area contributed by atoms with Crippen molar-refractivity contribution in [2.45, 2.75) is 59.6 Å². The van der Waals surface area contributed by atoms with Gasteiger partial charge in [-0.3, -0.25) is 0 Å². The lowest BCUT2D eigenvalue weighted by Crippen LogP contribution is -2.25. The molecule has 1 heterocycles.